The Bertz CT molecular complexity index is 580. The highest BCUT2D eigenvalue weighted by Gasteiger charge is 2.30. The molecule has 0 aliphatic carbocycles. The second-order valence-electron chi connectivity index (χ2n) is 3.93. The third-order valence-electron chi connectivity index (χ3n) is 2.69. The first-order chi connectivity index (χ1) is 8.74. The second kappa shape index (κ2) is 4.91. The molecule has 2 aromatic heterocycles. The Morgan fingerprint density at radius 3 is 3.11 bits per heavy atom. The van der Waals surface area contributed by atoms with E-state index in [-0.39, 0.29) is 5.78 Å². The van der Waals surface area contributed by atoms with E-state index in [2.05, 4.69) is 26.1 Å². The van der Waals surface area contributed by atoms with Gasteiger partial charge in [0.2, 0.25) is 11.7 Å². The molecule has 1 fully saturated rings. The Hall–Kier alpha value is -1.05. The number of rotatable bonds is 2. The van der Waals surface area contributed by atoms with E-state index in [9.17, 15) is 4.79 Å². The smallest absolute Gasteiger partial charge is 0.239 e. The summed E-state index contributed by atoms with van der Waals surface area (Å²) in [6, 6.07) is 1.92. The van der Waals surface area contributed by atoms with Crippen LogP contribution in [0.25, 0.3) is 10.7 Å². The maximum atomic E-state index is 11.7. The quantitative estimate of drug-likeness (QED) is 0.847. The van der Waals surface area contributed by atoms with Crippen molar-refractivity contribution in [3.8, 4) is 10.7 Å². The molecule has 1 atom stereocenters. The maximum absolute atomic E-state index is 11.7. The van der Waals surface area contributed by atoms with Crippen LogP contribution < -0.4 is 0 Å². The first-order valence-electron chi connectivity index (χ1n) is 5.42. The highest BCUT2D eigenvalue weighted by molar-refractivity contribution is 9.10. The number of halogens is 1. The van der Waals surface area contributed by atoms with Gasteiger partial charge < -0.3 is 9.26 Å². The molecule has 3 rings (SSSR count). The Kier molecular flexibility index (Phi) is 3.27. The van der Waals surface area contributed by atoms with Gasteiger partial charge in [-0.2, -0.15) is 4.98 Å². The molecule has 0 saturated carbocycles. The molecule has 1 unspecified atom stereocenters. The molecule has 18 heavy (non-hydrogen) atoms. The van der Waals surface area contributed by atoms with Crippen LogP contribution in [-0.2, 0) is 9.53 Å². The Labute approximate surface area is 115 Å². The first-order valence-corrected chi connectivity index (χ1v) is 7.10. The van der Waals surface area contributed by atoms with Crippen LogP contribution in [0.15, 0.2) is 20.4 Å². The van der Waals surface area contributed by atoms with Crippen molar-refractivity contribution in [3.63, 3.8) is 0 Å². The van der Waals surface area contributed by atoms with Crippen LogP contribution in [0.4, 0.5) is 0 Å². The lowest BCUT2D eigenvalue weighted by molar-refractivity contribution is -0.127. The number of hydrogen-bond donors (Lipinski definition) is 0. The Morgan fingerprint density at radius 1 is 1.50 bits per heavy atom. The molecule has 94 valence electrons. The van der Waals surface area contributed by atoms with Crippen molar-refractivity contribution in [2.75, 3.05) is 13.2 Å². The largest absolute Gasteiger partial charge is 0.380 e. The van der Waals surface area contributed by atoms with E-state index in [1.807, 2.05) is 11.4 Å². The molecule has 0 spiro atoms. The minimum absolute atomic E-state index is 0.101. The Balaban J connectivity index is 1.87. The average Bonchev–Trinajstić information content (AvgIpc) is 2.98. The van der Waals surface area contributed by atoms with Crippen LogP contribution in [0.1, 0.15) is 18.2 Å². The van der Waals surface area contributed by atoms with Gasteiger partial charge in [-0.25, -0.2) is 0 Å². The van der Waals surface area contributed by atoms with Crippen LogP contribution >= 0.6 is 27.3 Å². The van der Waals surface area contributed by atoms with Crippen molar-refractivity contribution in [1.29, 1.82) is 0 Å². The molecule has 7 heteroatoms. The number of ketones is 1. The van der Waals surface area contributed by atoms with Crippen molar-refractivity contribution in [2.45, 2.75) is 12.3 Å². The molecule has 1 saturated heterocycles. The van der Waals surface area contributed by atoms with Crippen molar-refractivity contribution in [1.82, 2.24) is 10.1 Å². The zero-order valence-electron chi connectivity index (χ0n) is 9.26. The summed E-state index contributed by atoms with van der Waals surface area (Å²) < 4.78 is 11.4. The van der Waals surface area contributed by atoms with Gasteiger partial charge in [0.15, 0.2) is 0 Å². The number of hydrogen-bond acceptors (Lipinski definition) is 6. The van der Waals surface area contributed by atoms with Crippen LogP contribution in [-0.4, -0.2) is 29.1 Å². The third kappa shape index (κ3) is 2.25. The highest BCUT2D eigenvalue weighted by atomic mass is 79.9. The molecule has 0 aromatic carbocycles. The SMILES string of the molecule is O=C1CCOCC1c1nc(-c2cc(Br)cs2)no1. The van der Waals surface area contributed by atoms with Crippen LogP contribution in [0.5, 0.6) is 0 Å². The summed E-state index contributed by atoms with van der Waals surface area (Å²) in [6.07, 6.45) is 0.410. The standard InChI is InChI=1S/C11H9BrN2O3S/c12-6-3-9(18-5-6)10-13-11(17-14-10)7-4-16-2-1-8(7)15/h3,5,7H,1-2,4H2. The van der Waals surface area contributed by atoms with E-state index in [1.165, 1.54) is 11.3 Å². The fourth-order valence-electron chi connectivity index (χ4n) is 1.76. The molecule has 5 nitrogen and oxygen atoms in total. The number of nitrogens with zero attached hydrogens (tertiary/aromatic N) is 2. The summed E-state index contributed by atoms with van der Waals surface area (Å²) in [5.41, 5.74) is 0. The fraction of sp³-hybridized carbons (Fsp3) is 0.364. The summed E-state index contributed by atoms with van der Waals surface area (Å²) in [7, 11) is 0. The topological polar surface area (TPSA) is 65.2 Å². The lowest BCUT2D eigenvalue weighted by Gasteiger charge is -2.16. The molecule has 3 heterocycles. The van der Waals surface area contributed by atoms with Gasteiger partial charge in [0.1, 0.15) is 11.7 Å². The van der Waals surface area contributed by atoms with E-state index < -0.39 is 5.92 Å². The molecule has 1 aliphatic heterocycles. The van der Waals surface area contributed by atoms with Gasteiger partial charge in [-0.1, -0.05) is 5.16 Å². The van der Waals surface area contributed by atoms with Gasteiger partial charge in [-0.15, -0.1) is 11.3 Å². The van der Waals surface area contributed by atoms with E-state index in [0.29, 0.717) is 31.3 Å². The number of thiophene rings is 1. The van der Waals surface area contributed by atoms with Crippen LogP contribution in [0, 0.1) is 0 Å². The molecule has 0 radical (unpaired) electrons. The zero-order valence-corrected chi connectivity index (χ0v) is 11.7. The number of aromatic nitrogens is 2. The normalized spacial score (nSPS) is 20.3. The van der Waals surface area contributed by atoms with Gasteiger partial charge >= 0.3 is 0 Å². The van der Waals surface area contributed by atoms with Crippen LogP contribution in [0.2, 0.25) is 0 Å². The minimum atomic E-state index is -0.414. The zero-order chi connectivity index (χ0) is 12.5. The van der Waals surface area contributed by atoms with Gasteiger partial charge in [-0.05, 0) is 22.0 Å². The summed E-state index contributed by atoms with van der Waals surface area (Å²) in [4.78, 5) is 16.9. The second-order valence-corrected chi connectivity index (χ2v) is 5.76. The van der Waals surface area contributed by atoms with Gasteiger partial charge in [0.25, 0.3) is 0 Å². The van der Waals surface area contributed by atoms with Crippen molar-refractivity contribution in [3.05, 3.63) is 21.8 Å². The van der Waals surface area contributed by atoms with Gasteiger partial charge in [-0.3, -0.25) is 4.79 Å². The lowest BCUT2D eigenvalue weighted by Crippen LogP contribution is -2.25. The van der Waals surface area contributed by atoms with Crippen LogP contribution in [0.3, 0.4) is 0 Å². The number of ether oxygens (including phenoxy) is 1. The van der Waals surface area contributed by atoms with Crippen molar-refractivity contribution in [2.24, 2.45) is 0 Å². The summed E-state index contributed by atoms with van der Waals surface area (Å²) in [6.45, 7) is 0.808. The third-order valence-corrected chi connectivity index (χ3v) is 4.38. The van der Waals surface area contributed by atoms with Crippen molar-refractivity contribution < 1.29 is 14.1 Å². The molecular formula is C11H9BrN2O3S. The molecule has 2 aromatic rings. The minimum Gasteiger partial charge on any atom is -0.380 e. The molecule has 0 N–H and O–H groups in total. The summed E-state index contributed by atoms with van der Waals surface area (Å²) >= 11 is 4.89. The van der Waals surface area contributed by atoms with E-state index >= 15 is 0 Å². The average molecular weight is 329 g/mol. The monoisotopic (exact) mass is 328 g/mol. The van der Waals surface area contributed by atoms with Crippen molar-refractivity contribution >= 4 is 33.0 Å². The molecule has 0 amide bonds. The predicted molar refractivity (Wildman–Crippen MR) is 68.5 cm³/mol. The molecule has 0 bridgehead atoms. The maximum Gasteiger partial charge on any atom is 0.239 e. The van der Waals surface area contributed by atoms with E-state index in [0.717, 1.165) is 9.35 Å². The van der Waals surface area contributed by atoms with Gasteiger partial charge in [0.05, 0.1) is 18.1 Å². The number of carbonyl (C=O) groups is 1. The van der Waals surface area contributed by atoms with Gasteiger partial charge in [0, 0.05) is 16.3 Å². The number of Topliss-reactive ketones (excluding diaryl/α,β-unsaturated/α-hetero) is 1. The molecular weight excluding hydrogens is 320 g/mol. The first kappa shape index (κ1) is 12.0. The Morgan fingerprint density at radius 2 is 2.39 bits per heavy atom. The lowest BCUT2D eigenvalue weighted by atomic mass is 10.0. The fourth-order valence-corrected chi connectivity index (χ4v) is 3.11. The summed E-state index contributed by atoms with van der Waals surface area (Å²) in [5.74, 6) is 0.547. The number of carbonyl (C=O) groups excluding carboxylic acids is 1. The summed E-state index contributed by atoms with van der Waals surface area (Å²) in [5, 5.41) is 5.85. The predicted octanol–water partition coefficient (Wildman–Crippen LogP) is 2.63. The van der Waals surface area contributed by atoms with E-state index in [1.54, 1.807) is 0 Å². The highest BCUT2D eigenvalue weighted by Crippen LogP contribution is 2.29. The molecule has 1 aliphatic rings. The van der Waals surface area contributed by atoms with E-state index in [4.69, 9.17) is 9.26 Å².